The predicted molar refractivity (Wildman–Crippen MR) is 57.0 cm³/mol. The molecule has 0 aliphatic carbocycles. The highest BCUT2D eigenvalue weighted by molar-refractivity contribution is 6.23. The highest BCUT2D eigenvalue weighted by Crippen LogP contribution is 2.26. The van der Waals surface area contributed by atoms with E-state index < -0.39 is 5.54 Å². The molecule has 2 aliphatic heterocycles. The molecular formula is C8H12N6. The lowest BCUT2D eigenvalue weighted by atomic mass is 9.89. The molecule has 0 radical (unpaired) electrons. The van der Waals surface area contributed by atoms with Gasteiger partial charge in [-0.15, -0.1) is 0 Å². The average Bonchev–Trinajstić information content (AvgIpc) is 2.49. The molecule has 0 spiro atoms. The van der Waals surface area contributed by atoms with Crippen LogP contribution in [0.1, 0.15) is 13.3 Å². The second kappa shape index (κ2) is 2.98. The second-order valence-corrected chi connectivity index (χ2v) is 3.50. The summed E-state index contributed by atoms with van der Waals surface area (Å²) < 4.78 is 0. The number of fused-ring (bicyclic) bond motifs is 1. The van der Waals surface area contributed by atoms with Gasteiger partial charge in [0, 0.05) is 12.5 Å². The Morgan fingerprint density at radius 2 is 2.21 bits per heavy atom. The molecule has 0 aromatic rings. The number of hydrogen-bond acceptors (Lipinski definition) is 6. The summed E-state index contributed by atoms with van der Waals surface area (Å²) in [5.41, 5.74) is 10.9. The molecule has 0 aromatic carbocycles. The number of rotatable bonds is 2. The van der Waals surface area contributed by atoms with Crippen LogP contribution in [-0.2, 0) is 0 Å². The first-order chi connectivity index (χ1) is 6.65. The Hall–Kier alpha value is -1.56. The van der Waals surface area contributed by atoms with E-state index in [9.17, 15) is 0 Å². The van der Waals surface area contributed by atoms with Crippen LogP contribution in [0.2, 0.25) is 0 Å². The maximum absolute atomic E-state index is 5.81. The fourth-order valence-electron chi connectivity index (χ4n) is 1.63. The number of hydrogen-bond donors (Lipinski definition) is 2. The molecule has 0 saturated carbocycles. The van der Waals surface area contributed by atoms with Crippen molar-refractivity contribution in [2.75, 3.05) is 0 Å². The minimum absolute atomic E-state index is 0.0301. The van der Waals surface area contributed by atoms with Crippen LogP contribution < -0.4 is 11.5 Å². The first-order valence-electron chi connectivity index (χ1n) is 4.39. The minimum Gasteiger partial charge on any atom is -0.385 e. The number of amidine groups is 2. The van der Waals surface area contributed by atoms with Gasteiger partial charge in [0.25, 0.3) is 0 Å². The van der Waals surface area contributed by atoms with Crippen molar-refractivity contribution in [2.24, 2.45) is 31.4 Å². The predicted octanol–water partition coefficient (Wildman–Crippen LogP) is -0.698. The van der Waals surface area contributed by atoms with Crippen LogP contribution in [0.4, 0.5) is 0 Å². The summed E-state index contributed by atoms with van der Waals surface area (Å²) in [5, 5.41) is 0. The smallest absolute Gasteiger partial charge is 0.180 e. The van der Waals surface area contributed by atoms with Gasteiger partial charge in [-0.2, -0.15) is 0 Å². The zero-order valence-electron chi connectivity index (χ0n) is 7.88. The van der Waals surface area contributed by atoms with E-state index in [-0.39, 0.29) is 6.04 Å². The highest BCUT2D eigenvalue weighted by Gasteiger charge is 2.44. The molecule has 74 valence electrons. The summed E-state index contributed by atoms with van der Waals surface area (Å²) >= 11 is 0. The van der Waals surface area contributed by atoms with Crippen LogP contribution in [0.25, 0.3) is 0 Å². The van der Waals surface area contributed by atoms with Gasteiger partial charge >= 0.3 is 0 Å². The van der Waals surface area contributed by atoms with E-state index in [1.165, 1.54) is 12.7 Å². The van der Waals surface area contributed by atoms with Crippen LogP contribution in [0, 0.1) is 0 Å². The van der Waals surface area contributed by atoms with E-state index in [0.717, 1.165) is 0 Å². The molecule has 2 heterocycles. The SMILES string of the molecule is CC(N)CC12N=CN=C1N=CN=C2N. The Labute approximate surface area is 81.5 Å². The van der Waals surface area contributed by atoms with Gasteiger partial charge in [-0.05, 0) is 6.92 Å². The maximum atomic E-state index is 5.81. The standard InChI is InChI=1S/C8H12N6/c1-5(9)2-8-6(10)11-3-12-7(8)13-4-14-8/h3-5H,2,9H2,1H3,(H2,10,11,12,13,14). The molecule has 0 bridgehead atoms. The third-order valence-electron chi connectivity index (χ3n) is 2.25. The quantitative estimate of drug-likeness (QED) is 0.604. The number of nitrogens with zero attached hydrogens (tertiary/aromatic N) is 4. The van der Waals surface area contributed by atoms with Crippen molar-refractivity contribution >= 4 is 24.3 Å². The lowest BCUT2D eigenvalue weighted by Crippen LogP contribution is -2.51. The van der Waals surface area contributed by atoms with Crippen LogP contribution in [0.15, 0.2) is 20.0 Å². The lowest BCUT2D eigenvalue weighted by molar-refractivity contribution is 0.575. The topological polar surface area (TPSA) is 101 Å². The first-order valence-corrected chi connectivity index (χ1v) is 4.39. The lowest BCUT2D eigenvalue weighted by Gasteiger charge is -2.28. The normalized spacial score (nSPS) is 31.0. The molecule has 14 heavy (non-hydrogen) atoms. The van der Waals surface area contributed by atoms with Gasteiger partial charge in [0.1, 0.15) is 18.5 Å². The fraction of sp³-hybridized carbons (Fsp3) is 0.500. The first kappa shape index (κ1) is 9.01. The Morgan fingerprint density at radius 1 is 1.43 bits per heavy atom. The number of nitrogens with two attached hydrogens (primary N) is 2. The minimum atomic E-state index is -0.705. The van der Waals surface area contributed by atoms with E-state index in [2.05, 4.69) is 20.0 Å². The molecule has 2 atom stereocenters. The zero-order chi connectivity index (χ0) is 10.2. The molecular weight excluding hydrogens is 180 g/mol. The largest absolute Gasteiger partial charge is 0.385 e. The third kappa shape index (κ3) is 1.15. The van der Waals surface area contributed by atoms with Crippen molar-refractivity contribution in [1.29, 1.82) is 0 Å². The van der Waals surface area contributed by atoms with Crippen molar-refractivity contribution in [1.82, 2.24) is 0 Å². The number of aliphatic imine (C=N–C) groups is 4. The van der Waals surface area contributed by atoms with Crippen molar-refractivity contribution in [3.8, 4) is 0 Å². The van der Waals surface area contributed by atoms with E-state index in [4.69, 9.17) is 11.5 Å². The Bertz CT molecular complexity index is 364. The monoisotopic (exact) mass is 192 g/mol. The van der Waals surface area contributed by atoms with Gasteiger partial charge in [0.2, 0.25) is 0 Å². The maximum Gasteiger partial charge on any atom is 0.180 e. The molecule has 4 N–H and O–H groups in total. The molecule has 2 unspecified atom stereocenters. The molecule has 2 rings (SSSR count). The molecule has 0 amide bonds. The van der Waals surface area contributed by atoms with Crippen LogP contribution in [0.3, 0.4) is 0 Å². The molecule has 6 nitrogen and oxygen atoms in total. The Kier molecular flexibility index (Phi) is 1.92. The van der Waals surface area contributed by atoms with E-state index in [1.54, 1.807) is 0 Å². The zero-order valence-corrected chi connectivity index (χ0v) is 7.88. The van der Waals surface area contributed by atoms with E-state index in [0.29, 0.717) is 18.1 Å². The van der Waals surface area contributed by atoms with Gasteiger partial charge in [0.15, 0.2) is 11.4 Å². The summed E-state index contributed by atoms with van der Waals surface area (Å²) in [7, 11) is 0. The van der Waals surface area contributed by atoms with Crippen molar-refractivity contribution < 1.29 is 0 Å². The summed E-state index contributed by atoms with van der Waals surface area (Å²) in [5.74, 6) is 1.000. The molecule has 2 aliphatic rings. The Balaban J connectivity index is 2.39. The van der Waals surface area contributed by atoms with Crippen LogP contribution in [-0.4, -0.2) is 35.9 Å². The summed E-state index contributed by atoms with van der Waals surface area (Å²) in [6.45, 7) is 1.89. The Morgan fingerprint density at radius 3 is 2.93 bits per heavy atom. The summed E-state index contributed by atoms with van der Waals surface area (Å²) in [6.07, 6.45) is 3.43. The van der Waals surface area contributed by atoms with Crippen LogP contribution in [0.5, 0.6) is 0 Å². The van der Waals surface area contributed by atoms with Crippen molar-refractivity contribution in [2.45, 2.75) is 24.9 Å². The highest BCUT2D eigenvalue weighted by atomic mass is 15.2. The van der Waals surface area contributed by atoms with E-state index in [1.807, 2.05) is 6.92 Å². The fourth-order valence-corrected chi connectivity index (χ4v) is 1.63. The molecule has 0 saturated heterocycles. The van der Waals surface area contributed by atoms with Crippen LogP contribution >= 0.6 is 0 Å². The van der Waals surface area contributed by atoms with Gasteiger partial charge < -0.3 is 11.5 Å². The average molecular weight is 192 g/mol. The third-order valence-corrected chi connectivity index (χ3v) is 2.25. The summed E-state index contributed by atoms with van der Waals surface area (Å²) in [6, 6.07) is -0.0301. The molecule has 6 heteroatoms. The summed E-state index contributed by atoms with van der Waals surface area (Å²) in [4.78, 5) is 16.3. The van der Waals surface area contributed by atoms with Gasteiger partial charge in [-0.3, -0.25) is 4.99 Å². The van der Waals surface area contributed by atoms with Gasteiger partial charge in [0.05, 0.1) is 0 Å². The molecule has 0 fully saturated rings. The van der Waals surface area contributed by atoms with Crippen molar-refractivity contribution in [3.63, 3.8) is 0 Å². The second-order valence-electron chi connectivity index (χ2n) is 3.50. The van der Waals surface area contributed by atoms with Gasteiger partial charge in [-0.25, -0.2) is 15.0 Å². The molecule has 0 aromatic heterocycles. The van der Waals surface area contributed by atoms with Gasteiger partial charge in [-0.1, -0.05) is 0 Å². The van der Waals surface area contributed by atoms with E-state index >= 15 is 0 Å². The van der Waals surface area contributed by atoms with Crippen molar-refractivity contribution in [3.05, 3.63) is 0 Å².